The summed E-state index contributed by atoms with van der Waals surface area (Å²) < 4.78 is 55.5. The van der Waals surface area contributed by atoms with E-state index in [4.69, 9.17) is 10.6 Å². The lowest BCUT2D eigenvalue weighted by molar-refractivity contribution is -0.231. The molecule has 2 heterocycles. The van der Waals surface area contributed by atoms with Gasteiger partial charge < -0.3 is 5.73 Å². The fourth-order valence-electron chi connectivity index (χ4n) is 6.32. The molecule has 0 saturated carbocycles. The van der Waals surface area contributed by atoms with Crippen LogP contribution in [0.15, 0.2) is 73.1 Å². The number of carbonyl (C=O) groups is 1. The third-order valence-electron chi connectivity index (χ3n) is 8.33. The van der Waals surface area contributed by atoms with Crippen molar-refractivity contribution in [2.24, 2.45) is 17.6 Å². The molecular formula is C37H52Cl2N4O6S2. The van der Waals surface area contributed by atoms with Crippen LogP contribution in [0.25, 0.3) is 21.8 Å². The van der Waals surface area contributed by atoms with Gasteiger partial charge in [-0.2, -0.15) is 0 Å². The van der Waals surface area contributed by atoms with Crippen molar-refractivity contribution in [3.63, 3.8) is 0 Å². The number of hydrogen-bond acceptors (Lipinski definition) is 9. The maximum absolute atomic E-state index is 14.1. The maximum Gasteiger partial charge on any atom is 0.233 e. The number of amides is 1. The van der Waals surface area contributed by atoms with Crippen LogP contribution in [0.5, 0.6) is 0 Å². The molecule has 0 saturated heterocycles. The molecule has 10 nitrogen and oxygen atoms in total. The Balaban J connectivity index is 0.00000451. The number of fused-ring (bicyclic) bond motifs is 2. The number of sulfone groups is 2. The molecule has 0 aliphatic rings. The number of nitrogens with zero attached hydrogens (tertiary/aromatic N) is 3. The topological polar surface area (TPSA) is 150 Å². The van der Waals surface area contributed by atoms with Crippen molar-refractivity contribution >= 4 is 72.7 Å². The van der Waals surface area contributed by atoms with Crippen molar-refractivity contribution in [1.29, 1.82) is 0 Å². The van der Waals surface area contributed by atoms with Crippen LogP contribution in [0.4, 0.5) is 0 Å². The average Bonchev–Trinajstić information content (AvgIpc) is 3.00. The van der Waals surface area contributed by atoms with Crippen molar-refractivity contribution in [2.45, 2.75) is 95.2 Å². The van der Waals surface area contributed by atoms with Crippen LogP contribution in [-0.4, -0.2) is 67.0 Å². The standard InChI is InChI=1S/C37H50N4O6S2.2ClH/c1-26(2)15-33(38)36(49(45,46)23-29-19-31-12-8-10-14-35(31)40-21-29)17-27(3)16-32(41(25-42)47-37(4,5)6)24-48(43,44)22-28-18-30-11-7-9-13-34(30)39-20-28;;/h7-14,18-21,25-27,32-33,36H,15-17,22-24,38H2,1-6H3;2*1H/t27?,32?,33-,36?;;/m0../s1. The van der Waals surface area contributed by atoms with Crippen molar-refractivity contribution in [3.05, 3.63) is 84.2 Å². The summed E-state index contributed by atoms with van der Waals surface area (Å²) in [7, 11) is -7.55. The summed E-state index contributed by atoms with van der Waals surface area (Å²) in [6.07, 6.45) is 4.51. The molecule has 3 unspecified atom stereocenters. The highest BCUT2D eigenvalue weighted by Crippen LogP contribution is 2.28. The Bertz CT molecular complexity index is 1960. The molecule has 14 heteroatoms. The van der Waals surface area contributed by atoms with Crippen LogP contribution in [0.3, 0.4) is 0 Å². The molecule has 282 valence electrons. The van der Waals surface area contributed by atoms with E-state index in [0.29, 0.717) is 24.0 Å². The predicted octanol–water partition coefficient (Wildman–Crippen LogP) is 6.87. The molecule has 0 bridgehead atoms. The Labute approximate surface area is 315 Å². The van der Waals surface area contributed by atoms with Crippen LogP contribution < -0.4 is 5.73 Å². The van der Waals surface area contributed by atoms with Crippen LogP contribution in [0.2, 0.25) is 0 Å². The molecule has 4 atom stereocenters. The van der Waals surface area contributed by atoms with Gasteiger partial charge in [-0.3, -0.25) is 19.6 Å². The Kier molecular flexibility index (Phi) is 16.3. The van der Waals surface area contributed by atoms with Gasteiger partial charge in [0.05, 0.1) is 45.2 Å². The molecule has 0 aliphatic carbocycles. The van der Waals surface area contributed by atoms with Crippen molar-refractivity contribution < 1.29 is 26.5 Å². The molecular weight excluding hydrogens is 731 g/mol. The first-order chi connectivity index (χ1) is 22.9. The summed E-state index contributed by atoms with van der Waals surface area (Å²) in [5, 5.41) is 1.86. The number of hydrogen-bond donors (Lipinski definition) is 1. The van der Waals surface area contributed by atoms with Gasteiger partial charge in [0, 0.05) is 29.2 Å². The Morgan fingerprint density at radius 2 is 1.31 bits per heavy atom. The van der Waals surface area contributed by atoms with Gasteiger partial charge in [-0.05, 0) is 87.3 Å². The van der Waals surface area contributed by atoms with E-state index in [2.05, 4.69) is 9.97 Å². The van der Waals surface area contributed by atoms with E-state index in [1.165, 1.54) is 0 Å². The summed E-state index contributed by atoms with van der Waals surface area (Å²) in [6, 6.07) is 17.1. The second-order valence-electron chi connectivity index (χ2n) is 14.7. The van der Waals surface area contributed by atoms with Crippen LogP contribution >= 0.6 is 24.8 Å². The molecule has 0 aliphatic heterocycles. The third-order valence-corrected chi connectivity index (χ3v) is 12.2. The van der Waals surface area contributed by atoms with E-state index in [0.717, 1.165) is 26.9 Å². The quantitative estimate of drug-likeness (QED) is 0.0894. The lowest BCUT2D eigenvalue weighted by Crippen LogP contribution is -2.46. The molecule has 0 spiro atoms. The number of aromatic nitrogens is 2. The highest BCUT2D eigenvalue weighted by molar-refractivity contribution is 7.91. The third kappa shape index (κ3) is 13.2. The van der Waals surface area contributed by atoms with Gasteiger partial charge in [0.2, 0.25) is 6.41 Å². The Hall–Kier alpha value is -2.87. The van der Waals surface area contributed by atoms with Gasteiger partial charge in [0.15, 0.2) is 19.7 Å². The SMILES string of the molecule is CC(C)C[C@H](N)C(CC(C)CC(CS(=O)(=O)Cc1cnc2ccccc2c1)N(C=O)OC(C)(C)C)S(=O)(=O)Cc1cnc2ccccc2c1.Cl.Cl. The van der Waals surface area contributed by atoms with E-state index in [1.807, 2.05) is 75.4 Å². The van der Waals surface area contributed by atoms with E-state index in [-0.39, 0.29) is 66.8 Å². The first-order valence-corrected chi connectivity index (χ1v) is 20.3. The number of nitrogens with two attached hydrogens (primary N) is 1. The van der Waals surface area contributed by atoms with Gasteiger partial charge in [0.1, 0.15) is 0 Å². The molecule has 1 amide bonds. The zero-order chi connectivity index (χ0) is 36.0. The van der Waals surface area contributed by atoms with Gasteiger partial charge in [-0.15, -0.1) is 24.8 Å². The molecule has 0 fully saturated rings. The molecule has 0 radical (unpaired) electrons. The minimum absolute atomic E-state index is 0. The van der Waals surface area contributed by atoms with E-state index in [1.54, 1.807) is 39.2 Å². The number of rotatable bonds is 17. The number of carbonyl (C=O) groups excluding carboxylic acids is 1. The minimum Gasteiger partial charge on any atom is -0.327 e. The van der Waals surface area contributed by atoms with E-state index < -0.39 is 42.6 Å². The van der Waals surface area contributed by atoms with Gasteiger partial charge in [-0.25, -0.2) is 21.9 Å². The lowest BCUT2D eigenvalue weighted by atomic mass is 9.92. The first-order valence-electron chi connectivity index (χ1n) is 16.7. The first kappa shape index (κ1) is 44.3. The molecule has 4 rings (SSSR count). The summed E-state index contributed by atoms with van der Waals surface area (Å²) in [6.45, 7) is 11.2. The summed E-state index contributed by atoms with van der Waals surface area (Å²) in [5.74, 6) is -1.04. The monoisotopic (exact) mass is 782 g/mol. The van der Waals surface area contributed by atoms with Gasteiger partial charge >= 0.3 is 0 Å². The van der Waals surface area contributed by atoms with E-state index >= 15 is 0 Å². The summed E-state index contributed by atoms with van der Waals surface area (Å²) in [5.41, 5.74) is 8.50. The van der Waals surface area contributed by atoms with Crippen molar-refractivity contribution in [2.75, 3.05) is 5.75 Å². The molecule has 2 N–H and O–H groups in total. The predicted molar refractivity (Wildman–Crippen MR) is 210 cm³/mol. The van der Waals surface area contributed by atoms with Crippen LogP contribution in [0, 0.1) is 11.8 Å². The zero-order valence-corrected chi connectivity index (χ0v) is 33.4. The number of hydroxylamine groups is 2. The highest BCUT2D eigenvalue weighted by atomic mass is 35.5. The summed E-state index contributed by atoms with van der Waals surface area (Å²) >= 11 is 0. The Morgan fingerprint density at radius 1 is 0.804 bits per heavy atom. The number of benzene rings is 2. The molecule has 2 aromatic carbocycles. The highest BCUT2D eigenvalue weighted by Gasteiger charge is 2.36. The Morgan fingerprint density at radius 3 is 1.80 bits per heavy atom. The fourth-order valence-corrected chi connectivity index (χ4v) is 10.1. The second kappa shape index (κ2) is 18.8. The van der Waals surface area contributed by atoms with Crippen LogP contribution in [0.1, 0.15) is 71.9 Å². The van der Waals surface area contributed by atoms with Crippen molar-refractivity contribution in [1.82, 2.24) is 15.0 Å². The number of pyridine rings is 2. The lowest BCUT2D eigenvalue weighted by Gasteiger charge is -2.35. The number of halogens is 2. The van der Waals surface area contributed by atoms with Gasteiger partial charge in [-0.1, -0.05) is 57.2 Å². The number of para-hydroxylation sites is 2. The molecule has 4 aromatic rings. The second-order valence-corrected chi connectivity index (χ2v) is 19.0. The average molecular weight is 784 g/mol. The minimum atomic E-state index is -3.78. The molecule has 2 aromatic heterocycles. The van der Waals surface area contributed by atoms with Crippen LogP contribution in [-0.2, 0) is 40.8 Å². The zero-order valence-electron chi connectivity index (χ0n) is 30.1. The molecule has 51 heavy (non-hydrogen) atoms. The fraction of sp³-hybridized carbons (Fsp3) is 0.486. The normalized spacial score (nSPS) is 14.7. The smallest absolute Gasteiger partial charge is 0.233 e. The van der Waals surface area contributed by atoms with E-state index in [9.17, 15) is 21.6 Å². The largest absolute Gasteiger partial charge is 0.327 e. The van der Waals surface area contributed by atoms with Crippen molar-refractivity contribution in [3.8, 4) is 0 Å². The summed E-state index contributed by atoms with van der Waals surface area (Å²) in [4.78, 5) is 27.2. The van der Waals surface area contributed by atoms with Gasteiger partial charge in [0.25, 0.3) is 0 Å². The maximum atomic E-state index is 14.1.